The summed E-state index contributed by atoms with van der Waals surface area (Å²) in [5.41, 5.74) is 2.97. The molecule has 4 nitrogen and oxygen atoms in total. The van der Waals surface area contributed by atoms with Crippen molar-refractivity contribution in [1.82, 2.24) is 8.91 Å². The van der Waals surface area contributed by atoms with Crippen molar-refractivity contribution in [2.75, 3.05) is 0 Å². The number of nitrogens with zero attached hydrogens (tertiary/aromatic N) is 3. The number of fused-ring (bicyclic) bond motifs is 1. The number of carbonyl (C=O) groups is 1. The van der Waals surface area contributed by atoms with Gasteiger partial charge in [0.05, 0.1) is 6.21 Å². The van der Waals surface area contributed by atoms with E-state index in [2.05, 4.69) is 102 Å². The minimum atomic E-state index is -2.27. The quantitative estimate of drug-likeness (QED) is 0.202. The van der Waals surface area contributed by atoms with E-state index >= 15 is 0 Å². The van der Waals surface area contributed by atoms with E-state index in [-0.39, 0.29) is 16.0 Å². The van der Waals surface area contributed by atoms with Gasteiger partial charge in [0.1, 0.15) is 0 Å². The van der Waals surface area contributed by atoms with Crippen molar-refractivity contribution in [3.8, 4) is 0 Å². The Balaban J connectivity index is 2.15. The number of aromatic nitrogens is 1. The van der Waals surface area contributed by atoms with Crippen LogP contribution in [-0.4, -0.2) is 37.5 Å². The number of rotatable bonds is 5. The summed E-state index contributed by atoms with van der Waals surface area (Å²) in [6.07, 6.45) is 4.16. The highest BCUT2D eigenvalue weighted by molar-refractivity contribution is 6.80. The molecule has 3 aromatic rings. The van der Waals surface area contributed by atoms with Crippen molar-refractivity contribution in [3.05, 3.63) is 71.9 Å². The molecule has 34 heavy (non-hydrogen) atoms. The van der Waals surface area contributed by atoms with Gasteiger partial charge in [-0.1, -0.05) is 91.0 Å². The van der Waals surface area contributed by atoms with Crippen LogP contribution in [0.4, 0.5) is 0 Å². The number of hydrogen-bond donors (Lipinski definition) is 0. The van der Waals surface area contributed by atoms with Crippen LogP contribution in [-0.2, 0) is 0 Å². The van der Waals surface area contributed by atoms with E-state index in [1.54, 1.807) is 4.67 Å². The summed E-state index contributed by atoms with van der Waals surface area (Å²) in [6, 6.07) is 18.1. The van der Waals surface area contributed by atoms with E-state index in [0.717, 1.165) is 5.56 Å². The molecule has 1 aromatic heterocycles. The number of hydrazone groups is 1. The van der Waals surface area contributed by atoms with Crippen LogP contribution >= 0.6 is 0 Å². The van der Waals surface area contributed by atoms with E-state index in [0.29, 0.717) is 5.56 Å². The molecular weight excluding hydrogens is 451 g/mol. The fraction of sp³-hybridized carbons (Fsp3) is 0.429. The van der Waals surface area contributed by atoms with Crippen LogP contribution in [0.15, 0.2) is 65.9 Å². The zero-order chi connectivity index (χ0) is 25.5. The van der Waals surface area contributed by atoms with Crippen LogP contribution in [0.1, 0.15) is 57.5 Å². The zero-order valence-corrected chi connectivity index (χ0v) is 24.6. The van der Waals surface area contributed by atoms with Crippen LogP contribution in [0.3, 0.4) is 0 Å². The summed E-state index contributed by atoms with van der Waals surface area (Å²) in [6.45, 7) is 22.9. The highest BCUT2D eigenvalue weighted by Gasteiger charge is 2.44. The van der Waals surface area contributed by atoms with Crippen molar-refractivity contribution in [3.63, 3.8) is 0 Å². The van der Waals surface area contributed by atoms with Crippen LogP contribution in [0.25, 0.3) is 10.9 Å². The number of benzene rings is 2. The first-order valence-electron chi connectivity index (χ1n) is 12.1. The molecular formula is C28H41N3OSi2. The Kier molecular flexibility index (Phi) is 6.90. The maximum absolute atomic E-state index is 13.7. The topological polar surface area (TPSA) is 37.6 Å². The third-order valence-electron chi connectivity index (χ3n) is 8.07. The molecule has 0 saturated heterocycles. The first kappa shape index (κ1) is 26.2. The Labute approximate surface area is 207 Å². The average Bonchev–Trinajstić information content (AvgIpc) is 3.12. The SMILES string of the molecule is CC(C)(C)[Si](C)(C)N(/N=C/c1cn([Si](C)(C)C(C)(C)C)c2ccccc12)C(=O)c1ccccc1. The normalized spacial score (nSPS) is 13.6. The maximum atomic E-state index is 13.7. The number of hydrogen-bond acceptors (Lipinski definition) is 2. The molecule has 0 N–H and O–H groups in total. The van der Waals surface area contributed by atoms with Crippen molar-refractivity contribution in [2.45, 2.75) is 77.8 Å². The van der Waals surface area contributed by atoms with Gasteiger partial charge >= 0.3 is 0 Å². The number of carbonyl (C=O) groups excluding carboxylic acids is 1. The first-order chi connectivity index (χ1) is 15.6. The molecule has 0 spiro atoms. The second kappa shape index (κ2) is 8.97. The van der Waals surface area contributed by atoms with Gasteiger partial charge in [-0.15, -0.1) is 0 Å². The standard InChI is InChI=1S/C28H41N3OSi2/c1-27(2,3)33(7,8)30-21-23(24-18-14-15-19-25(24)30)20-29-31(34(9,10)28(4,5)6)26(32)22-16-12-11-13-17-22/h11-21H,1-10H3/b29-20+. The summed E-state index contributed by atoms with van der Waals surface area (Å²) >= 11 is 0. The van der Waals surface area contributed by atoms with Crippen molar-refractivity contribution < 1.29 is 4.79 Å². The summed E-state index contributed by atoms with van der Waals surface area (Å²) in [5, 5.41) is 6.27. The molecule has 0 atom stereocenters. The van der Waals surface area contributed by atoms with E-state index < -0.39 is 16.5 Å². The van der Waals surface area contributed by atoms with Gasteiger partial charge in [0.25, 0.3) is 5.91 Å². The fourth-order valence-electron chi connectivity index (χ4n) is 3.72. The third-order valence-corrected chi connectivity index (χ3v) is 18.4. The van der Waals surface area contributed by atoms with E-state index in [9.17, 15) is 4.79 Å². The van der Waals surface area contributed by atoms with Crippen LogP contribution in [0, 0.1) is 0 Å². The molecule has 6 heteroatoms. The minimum absolute atomic E-state index is 0.0309. The van der Waals surface area contributed by atoms with E-state index in [1.807, 2.05) is 36.5 Å². The minimum Gasteiger partial charge on any atom is -0.373 e. The molecule has 1 amide bonds. The van der Waals surface area contributed by atoms with E-state index in [1.165, 1.54) is 10.9 Å². The fourth-order valence-corrected chi connectivity index (χ4v) is 7.32. The Hall–Kier alpha value is -2.45. The Bertz CT molecular complexity index is 1200. The smallest absolute Gasteiger partial charge is 0.265 e. The van der Waals surface area contributed by atoms with Gasteiger partial charge in [0.15, 0.2) is 16.5 Å². The predicted octanol–water partition coefficient (Wildman–Crippen LogP) is 7.98. The first-order valence-corrected chi connectivity index (χ1v) is 18.0. The highest BCUT2D eigenvalue weighted by Crippen LogP contribution is 2.41. The molecule has 2 aromatic carbocycles. The lowest BCUT2D eigenvalue weighted by Crippen LogP contribution is -2.55. The second-order valence-electron chi connectivity index (χ2n) is 12.3. The van der Waals surface area contributed by atoms with Gasteiger partial charge in [-0.2, -0.15) is 5.10 Å². The number of para-hydroxylation sites is 1. The lowest BCUT2D eigenvalue weighted by atomic mass is 10.2. The van der Waals surface area contributed by atoms with Gasteiger partial charge < -0.3 is 4.23 Å². The van der Waals surface area contributed by atoms with Crippen LogP contribution < -0.4 is 0 Å². The van der Waals surface area contributed by atoms with Gasteiger partial charge in [0.2, 0.25) is 0 Å². The van der Waals surface area contributed by atoms with E-state index in [4.69, 9.17) is 5.10 Å². The largest absolute Gasteiger partial charge is 0.373 e. The molecule has 0 aliphatic rings. The maximum Gasteiger partial charge on any atom is 0.265 e. The summed E-state index contributed by atoms with van der Waals surface area (Å²) in [5.74, 6) is -0.0309. The molecule has 0 saturated carbocycles. The molecule has 1 heterocycles. The molecule has 3 rings (SSSR count). The van der Waals surface area contributed by atoms with Gasteiger partial charge in [0, 0.05) is 28.2 Å². The monoisotopic (exact) mass is 491 g/mol. The summed E-state index contributed by atoms with van der Waals surface area (Å²) in [4.78, 5) is 13.7. The van der Waals surface area contributed by atoms with Crippen LogP contribution in [0.2, 0.25) is 36.3 Å². The lowest BCUT2D eigenvalue weighted by Gasteiger charge is -2.42. The molecule has 0 unspecified atom stereocenters. The van der Waals surface area contributed by atoms with Crippen molar-refractivity contribution in [1.29, 1.82) is 0 Å². The molecule has 0 radical (unpaired) electrons. The van der Waals surface area contributed by atoms with Gasteiger partial charge in [-0.3, -0.25) is 9.47 Å². The predicted molar refractivity (Wildman–Crippen MR) is 152 cm³/mol. The van der Waals surface area contributed by atoms with Crippen LogP contribution in [0.5, 0.6) is 0 Å². The Morgan fingerprint density at radius 3 is 1.97 bits per heavy atom. The lowest BCUT2D eigenvalue weighted by molar-refractivity contribution is 0.0848. The summed E-state index contributed by atoms with van der Waals surface area (Å²) < 4.78 is 4.31. The Morgan fingerprint density at radius 2 is 1.41 bits per heavy atom. The molecule has 182 valence electrons. The average molecular weight is 492 g/mol. The molecule has 0 bridgehead atoms. The van der Waals surface area contributed by atoms with Gasteiger partial charge in [-0.05, 0) is 41.4 Å². The van der Waals surface area contributed by atoms with Crippen molar-refractivity contribution in [2.24, 2.45) is 5.10 Å². The molecule has 0 aliphatic carbocycles. The van der Waals surface area contributed by atoms with Gasteiger partial charge in [-0.25, -0.2) is 0 Å². The Morgan fingerprint density at radius 1 is 0.853 bits per heavy atom. The second-order valence-corrected chi connectivity index (χ2v) is 22.5. The zero-order valence-electron chi connectivity index (χ0n) is 22.6. The number of amides is 1. The van der Waals surface area contributed by atoms with Crippen molar-refractivity contribution >= 4 is 39.5 Å². The molecule has 0 aliphatic heterocycles. The summed E-state index contributed by atoms with van der Waals surface area (Å²) in [7, 11) is -4.11. The highest BCUT2D eigenvalue weighted by atomic mass is 28.3. The molecule has 0 fully saturated rings. The third kappa shape index (κ3) is 4.71.